The van der Waals surface area contributed by atoms with E-state index in [1.54, 1.807) is 0 Å². The first-order valence-electron chi connectivity index (χ1n) is 6.71. The van der Waals surface area contributed by atoms with E-state index in [1.807, 2.05) is 11.8 Å². The van der Waals surface area contributed by atoms with E-state index in [0.717, 1.165) is 0 Å². The third-order valence-electron chi connectivity index (χ3n) is 3.52. The van der Waals surface area contributed by atoms with E-state index in [0.29, 0.717) is 0 Å². The Morgan fingerprint density at radius 3 is 2.24 bits per heavy atom. The number of rotatable bonds is 2. The van der Waals surface area contributed by atoms with Gasteiger partial charge in [0.2, 0.25) is 0 Å². The van der Waals surface area contributed by atoms with Crippen LogP contribution in [-0.2, 0) is 0 Å². The predicted octanol–water partition coefficient (Wildman–Crippen LogP) is -0.186. The molecule has 21 heavy (non-hydrogen) atoms. The lowest BCUT2D eigenvalue weighted by Gasteiger charge is -2.27. The molecule has 0 fully saturated rings. The second kappa shape index (κ2) is 6.18. The number of hydrogen-bond acceptors (Lipinski definition) is 3. The number of anilines is 2. The molecule has 3 nitrogen and oxygen atoms in total. The van der Waals surface area contributed by atoms with Gasteiger partial charge in [-0.25, -0.2) is 0 Å². The number of nitrogens with two attached hydrogens (primary N) is 1. The van der Waals surface area contributed by atoms with Gasteiger partial charge in [0.25, 0.3) is 0 Å². The highest BCUT2D eigenvalue weighted by molar-refractivity contribution is 7.99. The summed E-state index contributed by atoms with van der Waals surface area (Å²) >= 11 is 1.86. The van der Waals surface area contributed by atoms with Gasteiger partial charge in [0.1, 0.15) is 11.4 Å². The topological polar surface area (TPSA) is 23.1 Å². The second-order valence-electron chi connectivity index (χ2n) is 5.42. The van der Waals surface area contributed by atoms with Crippen molar-refractivity contribution in [1.82, 2.24) is 0 Å². The fourth-order valence-electron chi connectivity index (χ4n) is 2.60. The molecule has 0 radical (unpaired) electrons. The average molecular weight is 322 g/mol. The third kappa shape index (κ3) is 2.84. The fraction of sp³-hybridized carbons (Fsp3) is 0.250. The fourth-order valence-corrected chi connectivity index (χ4v) is 3.63. The molecule has 0 aromatic heterocycles. The van der Waals surface area contributed by atoms with Gasteiger partial charge in [-0.1, -0.05) is 23.9 Å². The molecule has 0 amide bonds. The summed E-state index contributed by atoms with van der Waals surface area (Å²) in [5.41, 5.74) is 5.17. The van der Waals surface area contributed by atoms with Crippen LogP contribution in [0.4, 0.5) is 22.7 Å². The summed E-state index contributed by atoms with van der Waals surface area (Å²) in [7, 11) is 8.42. The van der Waals surface area contributed by atoms with Crippen molar-refractivity contribution in [2.24, 2.45) is 0 Å². The summed E-state index contributed by atoms with van der Waals surface area (Å²) in [6, 6.07) is 13.0. The quantitative estimate of drug-likeness (QED) is 0.662. The van der Waals surface area contributed by atoms with Crippen molar-refractivity contribution in [3.8, 4) is 0 Å². The summed E-state index contributed by atoms with van der Waals surface area (Å²) in [5, 5.41) is 2.31. The van der Waals surface area contributed by atoms with Crippen LogP contribution in [0.5, 0.6) is 0 Å². The van der Waals surface area contributed by atoms with Crippen LogP contribution in [-0.4, -0.2) is 28.2 Å². The van der Waals surface area contributed by atoms with E-state index in [-0.39, 0.29) is 12.4 Å². The Morgan fingerprint density at radius 2 is 1.57 bits per heavy atom. The van der Waals surface area contributed by atoms with E-state index in [1.165, 1.54) is 32.5 Å². The lowest BCUT2D eigenvalue weighted by Crippen LogP contribution is -3.00. The largest absolute Gasteiger partial charge is 1.00 e. The summed E-state index contributed by atoms with van der Waals surface area (Å²) in [6.45, 7) is 0. The Hall–Kier alpha value is -1.36. The predicted molar refractivity (Wildman–Crippen MR) is 86.9 cm³/mol. The van der Waals surface area contributed by atoms with Gasteiger partial charge in [0.15, 0.2) is 5.69 Å². The summed E-state index contributed by atoms with van der Waals surface area (Å²) in [5.74, 6) is 0. The lowest BCUT2D eigenvalue weighted by atomic mass is 10.1. The first-order chi connectivity index (χ1) is 9.58. The number of halogens is 1. The first-order valence-corrected chi connectivity index (χ1v) is 7.53. The molecule has 2 aromatic carbocycles. The number of fused-ring (bicyclic) bond motifs is 2. The van der Waals surface area contributed by atoms with Gasteiger partial charge in [0.05, 0.1) is 15.5 Å². The zero-order chi connectivity index (χ0) is 14.3. The van der Waals surface area contributed by atoms with Gasteiger partial charge in [-0.15, -0.1) is 0 Å². The Balaban J connectivity index is 0.00000161. The van der Waals surface area contributed by atoms with E-state index in [2.05, 4.69) is 79.7 Å². The molecule has 2 N–H and O–H groups in total. The molecule has 0 spiro atoms. The number of quaternary nitrogens is 1. The molecule has 112 valence electrons. The van der Waals surface area contributed by atoms with Crippen molar-refractivity contribution < 1.29 is 17.7 Å². The van der Waals surface area contributed by atoms with E-state index >= 15 is 0 Å². The molecule has 1 aliphatic rings. The Bertz CT molecular complexity index is 656. The highest BCUT2D eigenvalue weighted by atomic mass is 35.5. The Labute approximate surface area is 136 Å². The van der Waals surface area contributed by atoms with Crippen LogP contribution in [0.25, 0.3) is 0 Å². The minimum absolute atomic E-state index is 0. The van der Waals surface area contributed by atoms with Crippen LogP contribution in [0.1, 0.15) is 0 Å². The summed E-state index contributed by atoms with van der Waals surface area (Å²) in [6.07, 6.45) is 0. The molecular weight excluding hydrogens is 302 g/mol. The van der Waals surface area contributed by atoms with Crippen LogP contribution < -0.4 is 27.5 Å². The normalized spacial score (nSPS) is 12.0. The van der Waals surface area contributed by atoms with E-state index in [9.17, 15) is 0 Å². The summed E-state index contributed by atoms with van der Waals surface area (Å²) < 4.78 is 0. The molecule has 3 rings (SSSR count). The van der Waals surface area contributed by atoms with E-state index in [4.69, 9.17) is 0 Å². The van der Waals surface area contributed by atoms with E-state index < -0.39 is 0 Å². The molecule has 0 atom stereocenters. The van der Waals surface area contributed by atoms with Gasteiger partial charge < -0.3 is 22.2 Å². The molecule has 0 unspecified atom stereocenters. The maximum absolute atomic E-state index is 2.31. The Morgan fingerprint density at radius 1 is 0.857 bits per heavy atom. The van der Waals surface area contributed by atoms with Gasteiger partial charge in [-0.05, 0) is 18.2 Å². The number of para-hydroxylation sites is 1. The highest BCUT2D eigenvalue weighted by Gasteiger charge is 2.26. The summed E-state index contributed by atoms with van der Waals surface area (Å²) in [4.78, 5) is 7.05. The van der Waals surface area contributed by atoms with Crippen LogP contribution in [0.3, 0.4) is 0 Å². The molecule has 0 saturated heterocycles. The standard InChI is InChI=1S/C16H19N3S.ClH/c1-18(2)12-9-10-14-15(16(12)19(3)4)17-11-7-5-6-8-13(11)20-14;/h5-10,17H,1-4H3;1H. The van der Waals surface area contributed by atoms with Crippen LogP contribution in [0.15, 0.2) is 46.2 Å². The smallest absolute Gasteiger partial charge is 0.174 e. The number of hydrogen-bond donors (Lipinski definition) is 1. The van der Waals surface area contributed by atoms with Crippen molar-refractivity contribution in [3.05, 3.63) is 36.4 Å². The van der Waals surface area contributed by atoms with Gasteiger partial charge in [-0.2, -0.15) is 0 Å². The zero-order valence-corrected chi connectivity index (χ0v) is 14.3. The monoisotopic (exact) mass is 321 g/mol. The van der Waals surface area contributed by atoms with Crippen LogP contribution in [0.2, 0.25) is 0 Å². The van der Waals surface area contributed by atoms with Gasteiger partial charge in [-0.3, -0.25) is 5.32 Å². The molecule has 0 bridgehead atoms. The highest BCUT2D eigenvalue weighted by Crippen LogP contribution is 2.45. The average Bonchev–Trinajstić information content (AvgIpc) is 2.43. The zero-order valence-electron chi connectivity index (χ0n) is 12.7. The number of nitrogens with zero attached hydrogens (tertiary/aromatic N) is 2. The second-order valence-corrected chi connectivity index (χ2v) is 6.50. The number of benzene rings is 2. The third-order valence-corrected chi connectivity index (χ3v) is 4.69. The maximum atomic E-state index is 2.31. The minimum Gasteiger partial charge on any atom is -1.00 e. The van der Waals surface area contributed by atoms with Crippen molar-refractivity contribution >= 4 is 34.5 Å². The molecule has 2 aromatic rings. The molecule has 0 aliphatic carbocycles. The molecule has 1 aliphatic heterocycles. The molecule has 0 saturated carbocycles. The maximum Gasteiger partial charge on any atom is 0.174 e. The molecular formula is C16H20ClN3S. The van der Waals surface area contributed by atoms with Gasteiger partial charge in [0, 0.05) is 34.3 Å². The van der Waals surface area contributed by atoms with Crippen LogP contribution >= 0.6 is 11.8 Å². The molecule has 5 heteroatoms. The van der Waals surface area contributed by atoms with Crippen molar-refractivity contribution in [2.75, 3.05) is 38.0 Å². The van der Waals surface area contributed by atoms with Crippen LogP contribution in [0, 0.1) is 0 Å². The van der Waals surface area contributed by atoms with Crippen molar-refractivity contribution in [1.29, 1.82) is 0 Å². The minimum atomic E-state index is 0. The van der Waals surface area contributed by atoms with Crippen molar-refractivity contribution in [3.63, 3.8) is 0 Å². The lowest BCUT2D eigenvalue weighted by molar-refractivity contribution is -0.484. The SMILES string of the molecule is CN(C)c1ccc2c(c1N(C)C)[NH2+]c1ccccc1S2.[Cl-]. The Kier molecular flexibility index (Phi) is 4.71. The molecule has 1 heterocycles. The van der Waals surface area contributed by atoms with Gasteiger partial charge >= 0.3 is 0 Å². The van der Waals surface area contributed by atoms with Crippen molar-refractivity contribution in [2.45, 2.75) is 9.79 Å². The first kappa shape index (κ1) is 16.0.